The van der Waals surface area contributed by atoms with Gasteiger partial charge < -0.3 is 14.6 Å². The average molecular weight is 348 g/mol. The summed E-state index contributed by atoms with van der Waals surface area (Å²) in [4.78, 5) is 37.7. The van der Waals surface area contributed by atoms with Crippen LogP contribution in [0.2, 0.25) is 0 Å². The highest BCUT2D eigenvalue weighted by atomic mass is 16.5. The van der Waals surface area contributed by atoms with Crippen LogP contribution in [-0.4, -0.2) is 41.6 Å². The Balaban J connectivity index is 2.57. The number of carbonyl (C=O) groups is 3. The summed E-state index contributed by atoms with van der Waals surface area (Å²) in [6, 6.07) is 8.78. The van der Waals surface area contributed by atoms with Crippen molar-refractivity contribution in [3.8, 4) is 0 Å². The van der Waals surface area contributed by atoms with Crippen LogP contribution < -0.4 is 0 Å². The Labute approximate surface area is 147 Å². The Hall–Kier alpha value is -2.21. The smallest absolute Gasteiger partial charge is 0.317 e. The maximum absolute atomic E-state index is 12.6. The number of ether oxygens (including phenoxy) is 2. The van der Waals surface area contributed by atoms with Gasteiger partial charge in [0.25, 0.3) is 0 Å². The molecule has 1 N–H and O–H groups in total. The highest BCUT2D eigenvalue weighted by Crippen LogP contribution is 2.46. The van der Waals surface area contributed by atoms with E-state index < -0.39 is 41.1 Å². The van der Waals surface area contributed by atoms with Crippen LogP contribution in [0.3, 0.4) is 0 Å². The lowest BCUT2D eigenvalue weighted by molar-refractivity contribution is -0.172. The van der Waals surface area contributed by atoms with Crippen molar-refractivity contribution in [1.82, 2.24) is 0 Å². The first-order valence-corrected chi connectivity index (χ1v) is 8.46. The van der Waals surface area contributed by atoms with Crippen molar-refractivity contribution in [2.45, 2.75) is 38.7 Å². The van der Waals surface area contributed by atoms with Gasteiger partial charge in [-0.1, -0.05) is 30.3 Å². The third-order valence-corrected chi connectivity index (χ3v) is 4.53. The lowest BCUT2D eigenvalue weighted by Gasteiger charge is -2.43. The van der Waals surface area contributed by atoms with Crippen molar-refractivity contribution in [1.29, 1.82) is 0 Å². The quantitative estimate of drug-likeness (QED) is 0.645. The zero-order valence-electron chi connectivity index (χ0n) is 14.7. The van der Waals surface area contributed by atoms with Crippen LogP contribution in [-0.2, 0) is 23.9 Å². The van der Waals surface area contributed by atoms with E-state index in [1.54, 1.807) is 44.2 Å². The van der Waals surface area contributed by atoms with Gasteiger partial charge in [0.05, 0.1) is 24.7 Å². The molecule has 4 atom stereocenters. The zero-order chi connectivity index (χ0) is 18.6. The number of benzene rings is 1. The van der Waals surface area contributed by atoms with Crippen LogP contribution in [0.1, 0.15) is 38.7 Å². The molecule has 0 amide bonds. The van der Waals surface area contributed by atoms with Gasteiger partial charge in [-0.05, 0) is 26.3 Å². The summed E-state index contributed by atoms with van der Waals surface area (Å²) in [6.07, 6.45) is -0.302. The molecule has 0 aromatic heterocycles. The molecule has 0 bridgehead atoms. The summed E-state index contributed by atoms with van der Waals surface area (Å²) in [5.41, 5.74) is -0.987. The first kappa shape index (κ1) is 19.1. The number of hydrogen-bond acceptors (Lipinski definition) is 6. The van der Waals surface area contributed by atoms with E-state index in [-0.39, 0.29) is 19.6 Å². The van der Waals surface area contributed by atoms with Gasteiger partial charge in [0.2, 0.25) is 0 Å². The lowest BCUT2D eigenvalue weighted by atomic mass is 9.62. The number of carbonyl (C=O) groups excluding carboxylic acids is 3. The number of Topliss-reactive ketones (excluding diaryl/α,β-unsaturated/α-hetero) is 1. The molecule has 1 fully saturated rings. The molecule has 2 rings (SSSR count). The van der Waals surface area contributed by atoms with Gasteiger partial charge in [-0.15, -0.1) is 0 Å². The molecule has 0 radical (unpaired) electrons. The standard InChI is InChI=1S/C19H24O6/c1-4-24-17(21)15-13(20)11-19(3,23)16(18(22)25-5-2)14(15)12-9-7-6-8-10-12/h6-10,14-16,23H,4-5,11H2,1-3H3/t14-,15+,16+,19-/m0/s1. The van der Waals surface area contributed by atoms with E-state index in [0.29, 0.717) is 5.56 Å². The van der Waals surface area contributed by atoms with Crippen molar-refractivity contribution in [2.75, 3.05) is 13.2 Å². The van der Waals surface area contributed by atoms with E-state index in [9.17, 15) is 19.5 Å². The fourth-order valence-corrected chi connectivity index (χ4v) is 3.55. The fourth-order valence-electron chi connectivity index (χ4n) is 3.55. The molecule has 6 nitrogen and oxygen atoms in total. The Morgan fingerprint density at radius 1 is 1.12 bits per heavy atom. The minimum atomic E-state index is -1.60. The molecule has 1 aliphatic rings. The first-order valence-electron chi connectivity index (χ1n) is 8.46. The molecular formula is C19H24O6. The number of ketones is 1. The van der Waals surface area contributed by atoms with Crippen LogP contribution in [0.15, 0.2) is 30.3 Å². The van der Waals surface area contributed by atoms with Crippen LogP contribution in [0.25, 0.3) is 0 Å². The lowest BCUT2D eigenvalue weighted by Crippen LogP contribution is -2.55. The van der Waals surface area contributed by atoms with Gasteiger partial charge in [0.1, 0.15) is 5.92 Å². The second-order valence-corrected chi connectivity index (χ2v) is 6.40. The summed E-state index contributed by atoms with van der Waals surface area (Å²) >= 11 is 0. The third kappa shape index (κ3) is 3.90. The molecule has 0 spiro atoms. The Kier molecular flexibility index (Phi) is 5.95. The topological polar surface area (TPSA) is 89.9 Å². The second kappa shape index (κ2) is 7.78. The van der Waals surface area contributed by atoms with Crippen molar-refractivity contribution in [2.24, 2.45) is 11.8 Å². The summed E-state index contributed by atoms with van der Waals surface area (Å²) in [7, 11) is 0. The Bertz CT molecular complexity index is 637. The average Bonchev–Trinajstić information content (AvgIpc) is 2.54. The zero-order valence-corrected chi connectivity index (χ0v) is 14.7. The van der Waals surface area contributed by atoms with Crippen LogP contribution in [0.5, 0.6) is 0 Å². The van der Waals surface area contributed by atoms with E-state index in [4.69, 9.17) is 9.47 Å². The molecule has 0 heterocycles. The largest absolute Gasteiger partial charge is 0.466 e. The van der Waals surface area contributed by atoms with Gasteiger partial charge in [-0.2, -0.15) is 0 Å². The molecule has 1 aliphatic carbocycles. The molecular weight excluding hydrogens is 324 g/mol. The Morgan fingerprint density at radius 3 is 2.24 bits per heavy atom. The molecule has 0 saturated heterocycles. The molecule has 1 aromatic rings. The monoisotopic (exact) mass is 348 g/mol. The molecule has 0 aliphatic heterocycles. The third-order valence-electron chi connectivity index (χ3n) is 4.53. The van der Waals surface area contributed by atoms with Crippen molar-refractivity contribution in [3.63, 3.8) is 0 Å². The summed E-state index contributed by atoms with van der Waals surface area (Å²) in [6.45, 7) is 5.03. The van der Waals surface area contributed by atoms with Gasteiger partial charge in [0.15, 0.2) is 5.78 Å². The van der Waals surface area contributed by atoms with Crippen LogP contribution in [0.4, 0.5) is 0 Å². The molecule has 0 unspecified atom stereocenters. The van der Waals surface area contributed by atoms with Gasteiger partial charge in [-0.3, -0.25) is 14.4 Å². The molecule has 136 valence electrons. The highest BCUT2D eigenvalue weighted by molar-refractivity contribution is 6.02. The second-order valence-electron chi connectivity index (χ2n) is 6.40. The number of aliphatic hydroxyl groups is 1. The first-order chi connectivity index (χ1) is 11.8. The predicted octanol–water partition coefficient (Wildman–Crippen LogP) is 1.85. The number of esters is 2. The maximum Gasteiger partial charge on any atom is 0.317 e. The maximum atomic E-state index is 12.6. The van der Waals surface area contributed by atoms with Gasteiger partial charge >= 0.3 is 11.9 Å². The van der Waals surface area contributed by atoms with Crippen molar-refractivity contribution >= 4 is 17.7 Å². The van der Waals surface area contributed by atoms with E-state index in [1.807, 2.05) is 0 Å². The highest BCUT2D eigenvalue weighted by Gasteiger charge is 2.57. The molecule has 6 heteroatoms. The van der Waals surface area contributed by atoms with Gasteiger partial charge in [-0.25, -0.2) is 0 Å². The minimum absolute atomic E-state index is 0.130. The van der Waals surface area contributed by atoms with Crippen LogP contribution in [0, 0.1) is 11.8 Å². The fraction of sp³-hybridized carbons (Fsp3) is 0.526. The summed E-state index contributed by atoms with van der Waals surface area (Å²) in [5, 5.41) is 10.8. The summed E-state index contributed by atoms with van der Waals surface area (Å²) in [5.74, 6) is -4.75. The molecule has 1 aromatic carbocycles. The van der Waals surface area contributed by atoms with E-state index in [2.05, 4.69) is 0 Å². The summed E-state index contributed by atoms with van der Waals surface area (Å²) < 4.78 is 10.2. The number of hydrogen-bond donors (Lipinski definition) is 1. The van der Waals surface area contributed by atoms with E-state index >= 15 is 0 Å². The van der Waals surface area contributed by atoms with E-state index in [1.165, 1.54) is 6.92 Å². The molecule has 25 heavy (non-hydrogen) atoms. The van der Waals surface area contributed by atoms with E-state index in [0.717, 1.165) is 0 Å². The predicted molar refractivity (Wildman–Crippen MR) is 89.7 cm³/mol. The minimum Gasteiger partial charge on any atom is -0.466 e. The van der Waals surface area contributed by atoms with Crippen molar-refractivity contribution < 1.29 is 29.0 Å². The molecule has 1 saturated carbocycles. The Morgan fingerprint density at radius 2 is 1.68 bits per heavy atom. The van der Waals surface area contributed by atoms with Gasteiger partial charge in [0, 0.05) is 12.3 Å². The van der Waals surface area contributed by atoms with Crippen LogP contribution >= 0.6 is 0 Å². The SMILES string of the molecule is CCOC(=O)[C@@H]1C(=O)C[C@](C)(O)[C@@H](C(=O)OCC)[C@H]1c1ccccc1. The number of rotatable bonds is 5. The normalized spacial score (nSPS) is 29.1. The van der Waals surface area contributed by atoms with Crippen molar-refractivity contribution in [3.05, 3.63) is 35.9 Å².